The fourth-order valence-electron chi connectivity index (χ4n) is 3.06. The molecule has 144 valence electrons. The van der Waals surface area contributed by atoms with E-state index in [1.54, 1.807) is 12.4 Å². The molecule has 0 saturated carbocycles. The zero-order valence-corrected chi connectivity index (χ0v) is 15.8. The number of hydrogen-bond acceptors (Lipinski definition) is 6. The third kappa shape index (κ3) is 6.21. The minimum Gasteiger partial charge on any atom is -0.484 e. The fourth-order valence-corrected chi connectivity index (χ4v) is 3.06. The molecular weight excluding hydrogens is 342 g/mol. The number of carbonyl (C=O) groups excluding carboxylic acids is 1. The van der Waals surface area contributed by atoms with E-state index in [-0.39, 0.29) is 12.5 Å². The Hall–Kier alpha value is -2.67. The van der Waals surface area contributed by atoms with E-state index in [9.17, 15) is 4.79 Å². The summed E-state index contributed by atoms with van der Waals surface area (Å²) in [6.07, 6.45) is 4.48. The Morgan fingerprint density at radius 3 is 2.67 bits per heavy atom. The van der Waals surface area contributed by atoms with Crippen molar-refractivity contribution in [2.75, 3.05) is 50.8 Å². The highest BCUT2D eigenvalue weighted by Crippen LogP contribution is 2.12. The Morgan fingerprint density at radius 1 is 1.15 bits per heavy atom. The van der Waals surface area contributed by atoms with Crippen LogP contribution in [-0.4, -0.2) is 66.7 Å². The van der Waals surface area contributed by atoms with Crippen LogP contribution in [0, 0.1) is 6.92 Å². The Morgan fingerprint density at radius 2 is 1.93 bits per heavy atom. The summed E-state index contributed by atoms with van der Waals surface area (Å²) >= 11 is 0. The zero-order valence-electron chi connectivity index (χ0n) is 15.8. The van der Waals surface area contributed by atoms with E-state index in [2.05, 4.69) is 25.1 Å². The molecule has 1 aliphatic rings. The Labute approximate surface area is 160 Å². The van der Waals surface area contributed by atoms with Gasteiger partial charge in [-0.25, -0.2) is 9.97 Å². The number of anilines is 1. The Bertz CT molecular complexity index is 717. The highest BCUT2D eigenvalue weighted by molar-refractivity contribution is 5.77. The molecule has 7 heteroatoms. The second-order valence-electron chi connectivity index (χ2n) is 6.69. The molecule has 0 spiro atoms. The molecule has 1 saturated heterocycles. The van der Waals surface area contributed by atoms with Crippen LogP contribution in [0.15, 0.2) is 42.7 Å². The first kappa shape index (κ1) is 19.1. The van der Waals surface area contributed by atoms with E-state index in [4.69, 9.17) is 4.74 Å². The van der Waals surface area contributed by atoms with Crippen LogP contribution < -0.4 is 15.0 Å². The average Bonchev–Trinajstić information content (AvgIpc) is 2.71. The third-order valence-corrected chi connectivity index (χ3v) is 4.54. The van der Waals surface area contributed by atoms with Gasteiger partial charge in [-0.05, 0) is 43.7 Å². The first-order valence-corrected chi connectivity index (χ1v) is 9.41. The largest absolute Gasteiger partial charge is 0.484 e. The summed E-state index contributed by atoms with van der Waals surface area (Å²) in [5.74, 6) is 1.45. The molecule has 1 aromatic heterocycles. The smallest absolute Gasteiger partial charge is 0.257 e. The molecule has 27 heavy (non-hydrogen) atoms. The van der Waals surface area contributed by atoms with Gasteiger partial charge in [0.2, 0.25) is 5.95 Å². The number of rotatable bonds is 8. The lowest BCUT2D eigenvalue weighted by Gasteiger charge is -2.34. The van der Waals surface area contributed by atoms with Crippen LogP contribution in [0.3, 0.4) is 0 Å². The van der Waals surface area contributed by atoms with Crippen molar-refractivity contribution in [1.29, 1.82) is 0 Å². The van der Waals surface area contributed by atoms with E-state index in [1.807, 2.05) is 37.3 Å². The zero-order chi connectivity index (χ0) is 18.9. The highest BCUT2D eigenvalue weighted by atomic mass is 16.5. The summed E-state index contributed by atoms with van der Waals surface area (Å²) in [6.45, 7) is 7.53. The van der Waals surface area contributed by atoms with Gasteiger partial charge in [0.15, 0.2) is 6.61 Å². The molecule has 3 rings (SSSR count). The number of amides is 1. The Kier molecular flexibility index (Phi) is 6.98. The predicted molar refractivity (Wildman–Crippen MR) is 105 cm³/mol. The third-order valence-electron chi connectivity index (χ3n) is 4.54. The van der Waals surface area contributed by atoms with Crippen molar-refractivity contribution < 1.29 is 9.53 Å². The molecule has 0 unspecified atom stereocenters. The summed E-state index contributed by atoms with van der Waals surface area (Å²) < 4.78 is 5.51. The van der Waals surface area contributed by atoms with Gasteiger partial charge in [-0.1, -0.05) is 12.1 Å². The number of nitrogens with zero attached hydrogens (tertiary/aromatic N) is 4. The van der Waals surface area contributed by atoms with Gasteiger partial charge in [0, 0.05) is 45.1 Å². The van der Waals surface area contributed by atoms with Crippen LogP contribution >= 0.6 is 0 Å². The fraction of sp³-hybridized carbons (Fsp3) is 0.450. The van der Waals surface area contributed by atoms with Gasteiger partial charge in [0.25, 0.3) is 5.91 Å². The Balaban J connectivity index is 1.27. The molecule has 1 aliphatic heterocycles. The lowest BCUT2D eigenvalue weighted by Crippen LogP contribution is -2.47. The van der Waals surface area contributed by atoms with Gasteiger partial charge < -0.3 is 15.0 Å². The van der Waals surface area contributed by atoms with Crippen LogP contribution in [0.1, 0.15) is 12.0 Å². The van der Waals surface area contributed by atoms with Crippen molar-refractivity contribution in [2.24, 2.45) is 0 Å². The molecule has 2 aromatic rings. The first-order chi connectivity index (χ1) is 13.2. The highest BCUT2D eigenvalue weighted by Gasteiger charge is 2.18. The maximum atomic E-state index is 11.9. The monoisotopic (exact) mass is 369 g/mol. The summed E-state index contributed by atoms with van der Waals surface area (Å²) in [5, 5.41) is 2.92. The molecule has 0 radical (unpaired) electrons. The SMILES string of the molecule is Cc1cccc(OCC(=O)NCCCN2CCN(c3ncccn3)CC2)c1. The predicted octanol–water partition coefficient (Wildman–Crippen LogP) is 1.49. The van der Waals surface area contributed by atoms with Gasteiger partial charge in [0.1, 0.15) is 5.75 Å². The van der Waals surface area contributed by atoms with Gasteiger partial charge in [0.05, 0.1) is 0 Å². The maximum absolute atomic E-state index is 11.9. The van der Waals surface area contributed by atoms with Crippen LogP contribution in [0.2, 0.25) is 0 Å². The van der Waals surface area contributed by atoms with Crippen LogP contribution in [0.4, 0.5) is 5.95 Å². The second-order valence-corrected chi connectivity index (χ2v) is 6.69. The molecule has 2 heterocycles. The van der Waals surface area contributed by atoms with Crippen molar-refractivity contribution in [3.8, 4) is 5.75 Å². The normalized spacial score (nSPS) is 14.8. The lowest BCUT2D eigenvalue weighted by molar-refractivity contribution is -0.123. The molecule has 1 amide bonds. The van der Waals surface area contributed by atoms with Crippen molar-refractivity contribution >= 4 is 11.9 Å². The van der Waals surface area contributed by atoms with Crippen molar-refractivity contribution in [3.05, 3.63) is 48.3 Å². The number of aromatic nitrogens is 2. The van der Waals surface area contributed by atoms with E-state index in [1.165, 1.54) is 0 Å². The second kappa shape index (κ2) is 9.87. The summed E-state index contributed by atoms with van der Waals surface area (Å²) in [7, 11) is 0. The quantitative estimate of drug-likeness (QED) is 0.711. The number of aryl methyl sites for hydroxylation is 1. The van der Waals surface area contributed by atoms with Crippen LogP contribution in [-0.2, 0) is 4.79 Å². The molecular formula is C20H27N5O2. The molecule has 7 nitrogen and oxygen atoms in total. The lowest BCUT2D eigenvalue weighted by atomic mass is 10.2. The van der Waals surface area contributed by atoms with Gasteiger partial charge in [-0.3, -0.25) is 9.69 Å². The number of nitrogens with one attached hydrogen (secondary N) is 1. The van der Waals surface area contributed by atoms with E-state index in [0.717, 1.165) is 56.4 Å². The van der Waals surface area contributed by atoms with Crippen molar-refractivity contribution in [1.82, 2.24) is 20.2 Å². The van der Waals surface area contributed by atoms with Crippen molar-refractivity contribution in [2.45, 2.75) is 13.3 Å². The first-order valence-electron chi connectivity index (χ1n) is 9.41. The molecule has 1 fully saturated rings. The number of carbonyl (C=O) groups is 1. The number of piperazine rings is 1. The van der Waals surface area contributed by atoms with E-state index >= 15 is 0 Å². The topological polar surface area (TPSA) is 70.6 Å². The minimum absolute atomic E-state index is 0.0548. The molecule has 1 N–H and O–H groups in total. The number of ether oxygens (including phenoxy) is 1. The summed E-state index contributed by atoms with van der Waals surface area (Å²) in [4.78, 5) is 25.1. The van der Waals surface area contributed by atoms with Crippen LogP contribution in [0.5, 0.6) is 5.75 Å². The van der Waals surface area contributed by atoms with E-state index < -0.39 is 0 Å². The minimum atomic E-state index is -0.0810. The van der Waals surface area contributed by atoms with Gasteiger partial charge in [-0.15, -0.1) is 0 Å². The number of hydrogen-bond donors (Lipinski definition) is 1. The molecule has 0 aliphatic carbocycles. The van der Waals surface area contributed by atoms with Crippen molar-refractivity contribution in [3.63, 3.8) is 0 Å². The number of benzene rings is 1. The summed E-state index contributed by atoms with van der Waals surface area (Å²) in [6, 6.07) is 9.54. The summed E-state index contributed by atoms with van der Waals surface area (Å²) in [5.41, 5.74) is 1.12. The molecule has 0 atom stereocenters. The van der Waals surface area contributed by atoms with Gasteiger partial charge >= 0.3 is 0 Å². The van der Waals surface area contributed by atoms with E-state index in [0.29, 0.717) is 6.54 Å². The average molecular weight is 369 g/mol. The standard InChI is InChI=1S/C20H27N5O2/c1-17-5-2-6-18(15-17)27-16-19(26)21-9-4-10-24-11-13-25(14-12-24)20-22-7-3-8-23-20/h2-3,5-8,15H,4,9-14,16H2,1H3,(H,21,26). The van der Waals surface area contributed by atoms with Gasteiger partial charge in [-0.2, -0.15) is 0 Å². The van der Waals surface area contributed by atoms with Crippen LogP contribution in [0.25, 0.3) is 0 Å². The molecule has 1 aromatic carbocycles. The maximum Gasteiger partial charge on any atom is 0.257 e. The molecule has 0 bridgehead atoms.